The van der Waals surface area contributed by atoms with Crippen LogP contribution < -0.4 is 4.74 Å². The van der Waals surface area contributed by atoms with Gasteiger partial charge in [0.05, 0.1) is 5.56 Å². The largest absolute Gasteiger partial charge is 0.487 e. The highest BCUT2D eigenvalue weighted by Crippen LogP contribution is 2.49. The van der Waals surface area contributed by atoms with Crippen LogP contribution in [0.5, 0.6) is 5.75 Å². The summed E-state index contributed by atoms with van der Waals surface area (Å²) in [5.74, 6) is -12.3. The maximum atomic E-state index is 15.4. The van der Waals surface area contributed by atoms with Crippen LogP contribution in [0.1, 0.15) is 89.2 Å². The van der Waals surface area contributed by atoms with Gasteiger partial charge in [-0.15, -0.1) is 0 Å². The maximum absolute atomic E-state index is 15.4. The summed E-state index contributed by atoms with van der Waals surface area (Å²) >= 11 is 0. The second-order valence-electron chi connectivity index (χ2n) is 11.0. The van der Waals surface area contributed by atoms with E-state index in [1.54, 1.807) is 6.92 Å². The van der Waals surface area contributed by atoms with Gasteiger partial charge >= 0.3 is 0 Å². The van der Waals surface area contributed by atoms with Gasteiger partial charge in [0.1, 0.15) is 12.8 Å². The van der Waals surface area contributed by atoms with E-state index in [2.05, 4.69) is 6.92 Å². The smallest absolute Gasteiger partial charge is 0.279 e. The molecule has 1 aliphatic carbocycles. The van der Waals surface area contributed by atoms with E-state index in [1.807, 2.05) is 0 Å². The average molecular weight is 609 g/mol. The highest BCUT2D eigenvalue weighted by Gasteiger charge is 2.48. The Hall–Kier alpha value is -2.36. The standard InChI is InChI=1S/C32H40F8O2/c1-3-5-8-16-41-17-9-6-7-11-21-13-12-20-18-23(29(36)31(38)27(20)32(21,39)40)22-14-15-26(30(37)28(22)35)42-19-25(34)24(33)10-4-2/h14-15,18,21,24-25H,3-13,16-17,19H2,1-2H3. The number of unbranched alkanes of at least 4 members (excludes halogenated alkanes) is 4. The van der Waals surface area contributed by atoms with Gasteiger partial charge in [0.25, 0.3) is 5.92 Å². The lowest BCUT2D eigenvalue weighted by Gasteiger charge is -2.34. The summed E-state index contributed by atoms with van der Waals surface area (Å²) < 4.78 is 129. The molecular weight excluding hydrogens is 568 g/mol. The molecule has 3 rings (SSSR count). The van der Waals surface area contributed by atoms with Crippen LogP contribution in [-0.2, 0) is 17.1 Å². The van der Waals surface area contributed by atoms with Crippen molar-refractivity contribution in [2.24, 2.45) is 5.92 Å². The minimum atomic E-state index is -3.63. The third kappa shape index (κ3) is 8.17. The fourth-order valence-electron chi connectivity index (χ4n) is 5.38. The fourth-order valence-corrected chi connectivity index (χ4v) is 5.38. The Morgan fingerprint density at radius 1 is 0.810 bits per heavy atom. The van der Waals surface area contributed by atoms with Crippen LogP contribution >= 0.6 is 0 Å². The number of halogens is 8. The first-order valence-corrected chi connectivity index (χ1v) is 14.9. The monoisotopic (exact) mass is 608 g/mol. The number of benzene rings is 2. The van der Waals surface area contributed by atoms with Crippen molar-refractivity contribution in [2.75, 3.05) is 19.8 Å². The van der Waals surface area contributed by atoms with Gasteiger partial charge in [-0.25, -0.2) is 30.7 Å². The zero-order valence-electron chi connectivity index (χ0n) is 24.2. The summed E-state index contributed by atoms with van der Waals surface area (Å²) in [5, 5.41) is 0. The Labute approximate surface area is 242 Å². The van der Waals surface area contributed by atoms with Crippen molar-refractivity contribution >= 4 is 0 Å². The molecule has 2 aromatic carbocycles. The topological polar surface area (TPSA) is 18.5 Å². The summed E-state index contributed by atoms with van der Waals surface area (Å²) in [6.45, 7) is 4.10. The van der Waals surface area contributed by atoms with E-state index in [0.29, 0.717) is 32.5 Å². The molecule has 0 bridgehead atoms. The van der Waals surface area contributed by atoms with Gasteiger partial charge in [-0.2, -0.15) is 4.39 Å². The lowest BCUT2D eigenvalue weighted by Crippen LogP contribution is -2.33. The van der Waals surface area contributed by atoms with Crippen LogP contribution in [0.2, 0.25) is 0 Å². The molecule has 0 amide bonds. The lowest BCUT2D eigenvalue weighted by molar-refractivity contribution is -0.0823. The van der Waals surface area contributed by atoms with Gasteiger partial charge in [-0.1, -0.05) is 46.0 Å². The second kappa shape index (κ2) is 15.9. The molecule has 0 N–H and O–H groups in total. The average Bonchev–Trinajstić information content (AvgIpc) is 2.95. The Kier molecular flexibility index (Phi) is 12.9. The second-order valence-corrected chi connectivity index (χ2v) is 11.0. The SMILES string of the molecule is CCCCCOCCCCCC1CCc2cc(-c3ccc(OCC(F)C(F)CCC)c(F)c3F)c(F)c(F)c2C1(F)F. The van der Waals surface area contributed by atoms with E-state index >= 15 is 17.6 Å². The van der Waals surface area contributed by atoms with Gasteiger partial charge < -0.3 is 9.47 Å². The number of aryl methyl sites for hydroxylation is 1. The van der Waals surface area contributed by atoms with Crippen molar-refractivity contribution in [2.45, 2.75) is 103 Å². The third-order valence-corrected chi connectivity index (χ3v) is 7.82. The summed E-state index contributed by atoms with van der Waals surface area (Å²) in [5.41, 5.74) is -2.62. The third-order valence-electron chi connectivity index (χ3n) is 7.82. The molecule has 0 fully saturated rings. The minimum absolute atomic E-state index is 0.0195. The van der Waals surface area contributed by atoms with E-state index in [1.165, 1.54) is 0 Å². The van der Waals surface area contributed by atoms with E-state index in [4.69, 9.17) is 9.47 Å². The van der Waals surface area contributed by atoms with Crippen molar-refractivity contribution in [3.8, 4) is 16.9 Å². The zero-order valence-corrected chi connectivity index (χ0v) is 24.2. The molecule has 0 heterocycles. The Balaban J connectivity index is 1.70. The van der Waals surface area contributed by atoms with Crippen LogP contribution in [0.25, 0.3) is 11.1 Å². The van der Waals surface area contributed by atoms with Crippen molar-refractivity contribution in [3.63, 3.8) is 0 Å². The number of alkyl halides is 4. The highest BCUT2D eigenvalue weighted by atomic mass is 19.3. The molecule has 236 valence electrons. The molecule has 42 heavy (non-hydrogen) atoms. The normalized spacial score (nSPS) is 17.6. The molecule has 2 aromatic rings. The van der Waals surface area contributed by atoms with E-state index in [9.17, 15) is 17.6 Å². The van der Waals surface area contributed by atoms with E-state index in [0.717, 1.165) is 43.9 Å². The Bertz CT molecular complexity index is 1160. The molecule has 3 atom stereocenters. The Morgan fingerprint density at radius 3 is 2.19 bits per heavy atom. The van der Waals surface area contributed by atoms with Crippen molar-refractivity contribution in [3.05, 3.63) is 52.6 Å². The van der Waals surface area contributed by atoms with Gasteiger partial charge in [-0.3, -0.25) is 0 Å². The van der Waals surface area contributed by atoms with Gasteiger partial charge in [0, 0.05) is 30.3 Å². The van der Waals surface area contributed by atoms with Crippen LogP contribution in [-0.4, -0.2) is 32.2 Å². The minimum Gasteiger partial charge on any atom is -0.487 e. The van der Waals surface area contributed by atoms with Crippen LogP contribution in [0, 0.1) is 29.2 Å². The van der Waals surface area contributed by atoms with Crippen molar-refractivity contribution in [1.29, 1.82) is 0 Å². The molecule has 0 saturated carbocycles. The molecule has 3 unspecified atom stereocenters. The summed E-state index contributed by atoms with van der Waals surface area (Å²) in [6.07, 6.45) is 1.63. The predicted octanol–water partition coefficient (Wildman–Crippen LogP) is 10.2. The fraction of sp³-hybridized carbons (Fsp3) is 0.625. The molecule has 1 aliphatic rings. The van der Waals surface area contributed by atoms with Crippen molar-refractivity contribution < 1.29 is 44.6 Å². The first-order valence-electron chi connectivity index (χ1n) is 14.9. The van der Waals surface area contributed by atoms with Gasteiger partial charge in [0.15, 0.2) is 29.4 Å². The molecule has 0 spiro atoms. The molecule has 0 aliphatic heterocycles. The first-order chi connectivity index (χ1) is 20.0. The molecular formula is C32H40F8O2. The number of rotatable bonds is 17. The maximum Gasteiger partial charge on any atom is 0.279 e. The zero-order chi connectivity index (χ0) is 30.9. The van der Waals surface area contributed by atoms with E-state index < -0.39 is 76.5 Å². The molecule has 2 nitrogen and oxygen atoms in total. The van der Waals surface area contributed by atoms with E-state index in [-0.39, 0.29) is 31.2 Å². The van der Waals surface area contributed by atoms with Gasteiger partial charge in [0.2, 0.25) is 5.82 Å². The van der Waals surface area contributed by atoms with Crippen LogP contribution in [0.15, 0.2) is 18.2 Å². The number of hydrogen-bond donors (Lipinski definition) is 0. The predicted molar refractivity (Wildman–Crippen MR) is 146 cm³/mol. The summed E-state index contributed by atoms with van der Waals surface area (Å²) in [4.78, 5) is 0. The molecule has 10 heteroatoms. The van der Waals surface area contributed by atoms with Gasteiger partial charge in [-0.05, 0) is 62.3 Å². The summed E-state index contributed by atoms with van der Waals surface area (Å²) in [7, 11) is 0. The molecule has 0 saturated heterocycles. The number of ether oxygens (including phenoxy) is 2. The quantitative estimate of drug-likeness (QED) is 0.131. The van der Waals surface area contributed by atoms with Crippen LogP contribution in [0.3, 0.4) is 0 Å². The lowest BCUT2D eigenvalue weighted by atomic mass is 9.77. The summed E-state index contributed by atoms with van der Waals surface area (Å²) in [6, 6.07) is 2.70. The highest BCUT2D eigenvalue weighted by molar-refractivity contribution is 5.68. The first kappa shape index (κ1) is 34.1. The van der Waals surface area contributed by atoms with Crippen LogP contribution in [0.4, 0.5) is 35.1 Å². The van der Waals surface area contributed by atoms with Crippen molar-refractivity contribution in [1.82, 2.24) is 0 Å². The Morgan fingerprint density at radius 2 is 1.50 bits per heavy atom. The molecule has 0 aromatic heterocycles. The molecule has 0 radical (unpaired) electrons. The number of fused-ring (bicyclic) bond motifs is 1. The number of hydrogen-bond acceptors (Lipinski definition) is 2.